The predicted octanol–water partition coefficient (Wildman–Crippen LogP) is 5.95. The van der Waals surface area contributed by atoms with Crippen LogP contribution in [-0.2, 0) is 0 Å². The lowest BCUT2D eigenvalue weighted by Crippen LogP contribution is -2.02. The minimum Gasteiger partial charge on any atom is -0.293 e. The van der Waals surface area contributed by atoms with E-state index in [1.165, 1.54) is 17.3 Å². The molecular formula is C22H18N2OS2. The molecule has 0 saturated carbocycles. The summed E-state index contributed by atoms with van der Waals surface area (Å²) < 4.78 is 0. The summed E-state index contributed by atoms with van der Waals surface area (Å²) in [4.78, 5) is 22.4. The van der Waals surface area contributed by atoms with Crippen LogP contribution in [0.5, 0.6) is 0 Å². The quantitative estimate of drug-likeness (QED) is 0.240. The Bertz CT molecular complexity index is 1100. The predicted molar refractivity (Wildman–Crippen MR) is 114 cm³/mol. The number of aromatic nitrogens is 2. The third-order valence-corrected chi connectivity index (χ3v) is 6.29. The number of carbonyl (C=O) groups is 1. The summed E-state index contributed by atoms with van der Waals surface area (Å²) in [5.41, 5.74) is 5.39. The Morgan fingerprint density at radius 2 is 1.63 bits per heavy atom. The van der Waals surface area contributed by atoms with Gasteiger partial charge in [0.1, 0.15) is 16.2 Å². The van der Waals surface area contributed by atoms with Gasteiger partial charge in [0.15, 0.2) is 5.78 Å². The maximum Gasteiger partial charge on any atom is 0.173 e. The van der Waals surface area contributed by atoms with Crippen LogP contribution in [0, 0.1) is 13.8 Å². The second-order valence-corrected chi connectivity index (χ2v) is 8.27. The highest BCUT2D eigenvalue weighted by atomic mass is 32.2. The summed E-state index contributed by atoms with van der Waals surface area (Å²) in [6, 6.07) is 16.2. The second kappa shape index (κ2) is 7.62. The number of hydrogen-bond donors (Lipinski definition) is 0. The molecule has 0 aliphatic heterocycles. The summed E-state index contributed by atoms with van der Waals surface area (Å²) in [5.74, 6) is 0.470. The maximum atomic E-state index is 12.5. The van der Waals surface area contributed by atoms with Gasteiger partial charge in [-0.15, -0.1) is 11.3 Å². The number of thiophene rings is 1. The molecule has 0 N–H and O–H groups in total. The molecule has 134 valence electrons. The maximum absolute atomic E-state index is 12.5. The zero-order valence-electron chi connectivity index (χ0n) is 15.1. The van der Waals surface area contributed by atoms with Gasteiger partial charge in [-0.2, -0.15) is 0 Å². The normalized spacial score (nSPS) is 11.0. The molecule has 0 aliphatic rings. The van der Waals surface area contributed by atoms with Gasteiger partial charge in [0, 0.05) is 16.5 Å². The van der Waals surface area contributed by atoms with Gasteiger partial charge in [0.05, 0.1) is 11.1 Å². The Kier molecular flexibility index (Phi) is 5.05. The third-order valence-electron chi connectivity index (χ3n) is 4.41. The van der Waals surface area contributed by atoms with E-state index in [0.717, 1.165) is 37.5 Å². The zero-order chi connectivity index (χ0) is 18.8. The fourth-order valence-corrected chi connectivity index (χ4v) is 4.75. The Morgan fingerprint density at radius 3 is 2.33 bits per heavy atom. The van der Waals surface area contributed by atoms with Crippen molar-refractivity contribution in [2.45, 2.75) is 18.9 Å². The number of thioether (sulfide) groups is 1. The van der Waals surface area contributed by atoms with Crippen LogP contribution in [0.4, 0.5) is 0 Å². The lowest BCUT2D eigenvalue weighted by atomic mass is 10.1. The van der Waals surface area contributed by atoms with E-state index in [-0.39, 0.29) is 5.78 Å². The number of fused-ring (bicyclic) bond motifs is 1. The summed E-state index contributed by atoms with van der Waals surface area (Å²) in [6.45, 7) is 4.10. The van der Waals surface area contributed by atoms with Crippen molar-refractivity contribution >= 4 is 39.1 Å². The van der Waals surface area contributed by atoms with Crippen molar-refractivity contribution in [1.29, 1.82) is 0 Å². The van der Waals surface area contributed by atoms with Gasteiger partial charge in [0.25, 0.3) is 0 Å². The van der Waals surface area contributed by atoms with E-state index in [0.29, 0.717) is 5.75 Å². The van der Waals surface area contributed by atoms with Gasteiger partial charge in [-0.3, -0.25) is 4.79 Å². The van der Waals surface area contributed by atoms with Crippen LogP contribution < -0.4 is 0 Å². The molecule has 0 spiro atoms. The molecule has 2 heterocycles. The summed E-state index contributed by atoms with van der Waals surface area (Å²) >= 11 is 3.09. The number of ketones is 1. The van der Waals surface area contributed by atoms with Crippen molar-refractivity contribution in [3.63, 3.8) is 0 Å². The number of rotatable bonds is 5. The first-order valence-electron chi connectivity index (χ1n) is 8.64. The Labute approximate surface area is 166 Å². The van der Waals surface area contributed by atoms with E-state index >= 15 is 0 Å². The van der Waals surface area contributed by atoms with Crippen LogP contribution in [0.1, 0.15) is 21.5 Å². The van der Waals surface area contributed by atoms with Gasteiger partial charge < -0.3 is 0 Å². The Balaban J connectivity index is 1.64. The monoisotopic (exact) mass is 390 g/mol. The third kappa shape index (κ3) is 3.80. The molecule has 0 unspecified atom stereocenters. The van der Waals surface area contributed by atoms with Gasteiger partial charge in [0.2, 0.25) is 0 Å². The molecule has 27 heavy (non-hydrogen) atoms. The highest BCUT2D eigenvalue weighted by Gasteiger charge is 2.15. The molecule has 0 fully saturated rings. The van der Waals surface area contributed by atoms with E-state index < -0.39 is 0 Å². The molecule has 0 radical (unpaired) electrons. The molecule has 0 aliphatic carbocycles. The molecule has 0 bridgehead atoms. The first-order chi connectivity index (χ1) is 13.1. The number of carbonyl (C=O) groups excluding carboxylic acids is 1. The first kappa shape index (κ1) is 17.9. The van der Waals surface area contributed by atoms with E-state index in [1.807, 2.05) is 31.2 Å². The number of benzene rings is 2. The molecule has 0 amide bonds. The van der Waals surface area contributed by atoms with Gasteiger partial charge in [-0.1, -0.05) is 71.4 Å². The average molecular weight is 391 g/mol. The number of aryl methyl sites for hydroxylation is 2. The summed E-state index contributed by atoms with van der Waals surface area (Å²) in [6.07, 6.45) is 1.58. The zero-order valence-corrected chi connectivity index (χ0v) is 16.7. The van der Waals surface area contributed by atoms with E-state index in [2.05, 4.69) is 46.5 Å². The lowest BCUT2D eigenvalue weighted by Gasteiger charge is -2.06. The lowest BCUT2D eigenvalue weighted by molar-refractivity contribution is 0.102. The van der Waals surface area contributed by atoms with Crippen molar-refractivity contribution in [2.75, 3.05) is 5.75 Å². The SMILES string of the molecule is Cc1ccc(C(=O)CSc2ncnc3scc(-c4ccc(C)cc4)c23)cc1. The van der Waals surface area contributed by atoms with Gasteiger partial charge in [-0.05, 0) is 19.4 Å². The highest BCUT2D eigenvalue weighted by Crippen LogP contribution is 2.38. The standard InChI is InChI=1S/C22H18N2OS2/c1-14-3-7-16(8-4-14)18-11-26-21-20(18)22(24-13-23-21)27-12-19(25)17-9-5-15(2)6-10-17/h3-11,13H,12H2,1-2H3. The van der Waals surface area contributed by atoms with Crippen molar-refractivity contribution in [3.8, 4) is 11.1 Å². The smallest absolute Gasteiger partial charge is 0.173 e. The van der Waals surface area contributed by atoms with E-state index in [1.54, 1.807) is 17.7 Å². The summed E-state index contributed by atoms with van der Waals surface area (Å²) in [7, 11) is 0. The minimum atomic E-state index is 0.110. The Morgan fingerprint density at radius 1 is 0.963 bits per heavy atom. The van der Waals surface area contributed by atoms with Crippen molar-refractivity contribution in [2.24, 2.45) is 0 Å². The highest BCUT2D eigenvalue weighted by molar-refractivity contribution is 8.00. The largest absolute Gasteiger partial charge is 0.293 e. The minimum absolute atomic E-state index is 0.110. The van der Waals surface area contributed by atoms with Crippen molar-refractivity contribution in [3.05, 3.63) is 76.9 Å². The molecule has 5 heteroatoms. The molecule has 0 atom stereocenters. The van der Waals surface area contributed by atoms with Crippen molar-refractivity contribution < 1.29 is 4.79 Å². The number of nitrogens with zero attached hydrogens (tertiary/aromatic N) is 2. The molecule has 2 aromatic carbocycles. The topological polar surface area (TPSA) is 42.9 Å². The molecule has 0 saturated heterocycles. The molecule has 2 aromatic heterocycles. The van der Waals surface area contributed by atoms with Crippen LogP contribution in [0.15, 0.2) is 65.3 Å². The number of hydrogen-bond acceptors (Lipinski definition) is 5. The van der Waals surface area contributed by atoms with Gasteiger partial charge >= 0.3 is 0 Å². The summed E-state index contributed by atoms with van der Waals surface area (Å²) in [5, 5.41) is 4.01. The van der Waals surface area contributed by atoms with Gasteiger partial charge in [-0.25, -0.2) is 9.97 Å². The fourth-order valence-electron chi connectivity index (χ4n) is 2.86. The van der Waals surface area contributed by atoms with E-state index in [4.69, 9.17) is 0 Å². The van der Waals surface area contributed by atoms with Crippen LogP contribution in [0.2, 0.25) is 0 Å². The van der Waals surface area contributed by atoms with Crippen molar-refractivity contribution in [1.82, 2.24) is 9.97 Å². The van der Waals surface area contributed by atoms with Crippen LogP contribution in [0.25, 0.3) is 21.3 Å². The van der Waals surface area contributed by atoms with Crippen LogP contribution in [-0.4, -0.2) is 21.5 Å². The average Bonchev–Trinajstić information content (AvgIpc) is 3.12. The molecule has 3 nitrogen and oxygen atoms in total. The Hall–Kier alpha value is -2.50. The number of Topliss-reactive ketones (excluding diaryl/α,β-unsaturated/α-hetero) is 1. The van der Waals surface area contributed by atoms with E-state index in [9.17, 15) is 4.79 Å². The second-order valence-electron chi connectivity index (χ2n) is 6.45. The molecular weight excluding hydrogens is 372 g/mol. The first-order valence-corrected chi connectivity index (χ1v) is 10.5. The fraction of sp³-hybridized carbons (Fsp3) is 0.136. The van der Waals surface area contributed by atoms with Crippen LogP contribution >= 0.6 is 23.1 Å². The molecule has 4 aromatic rings. The molecule has 4 rings (SSSR count). The van der Waals surface area contributed by atoms with Crippen LogP contribution in [0.3, 0.4) is 0 Å².